The van der Waals surface area contributed by atoms with E-state index < -0.39 is 17.9 Å². The standard InChI is InChI=1S/C32H34N4O3S.Li/c1-23-8-6-7-11-27(23)29-18-25(12-13-28(29)31(37)35-30(32(38)39)15-17-40-2)21-36(26-19-33-22-34-20-26)16-14-24-9-4-3-5-10-24;/h3-13,18-20,22,30H,14-17,21H2,1-2H3,(H,35,37)(H,38,39);/q;+1/p-1/t30-;/m0./s1. The molecule has 0 spiro atoms. The van der Waals surface area contributed by atoms with Crippen molar-refractivity contribution in [3.05, 3.63) is 114 Å². The summed E-state index contributed by atoms with van der Waals surface area (Å²) >= 11 is 1.52. The van der Waals surface area contributed by atoms with Crippen molar-refractivity contribution in [1.82, 2.24) is 15.3 Å². The topological polar surface area (TPSA) is 98.2 Å². The number of amides is 1. The predicted molar refractivity (Wildman–Crippen MR) is 159 cm³/mol. The van der Waals surface area contributed by atoms with Crippen LogP contribution in [0.1, 0.15) is 33.5 Å². The van der Waals surface area contributed by atoms with Gasteiger partial charge in [0.25, 0.3) is 5.91 Å². The second kappa shape index (κ2) is 16.0. The first kappa shape index (κ1) is 31.9. The van der Waals surface area contributed by atoms with Crippen molar-refractivity contribution in [2.24, 2.45) is 0 Å². The fourth-order valence-corrected chi connectivity index (χ4v) is 5.06. The number of anilines is 1. The van der Waals surface area contributed by atoms with Crippen LogP contribution in [-0.4, -0.2) is 46.4 Å². The molecular weight excluding hydrogens is 527 g/mol. The maximum atomic E-state index is 13.4. The molecule has 4 aromatic rings. The summed E-state index contributed by atoms with van der Waals surface area (Å²) in [6.07, 6.45) is 8.16. The van der Waals surface area contributed by atoms with E-state index in [1.165, 1.54) is 23.7 Å². The van der Waals surface area contributed by atoms with Crippen LogP contribution < -0.4 is 34.2 Å². The van der Waals surface area contributed by atoms with E-state index in [0.29, 0.717) is 24.3 Å². The van der Waals surface area contributed by atoms with Crippen LogP contribution in [0.4, 0.5) is 5.69 Å². The molecule has 0 aliphatic rings. The zero-order valence-corrected chi connectivity index (χ0v) is 24.6. The van der Waals surface area contributed by atoms with Gasteiger partial charge in [-0.05, 0) is 71.7 Å². The van der Waals surface area contributed by atoms with E-state index in [1.807, 2.05) is 67.8 Å². The Morgan fingerprint density at radius 3 is 2.34 bits per heavy atom. The number of carboxylic acid groups (broad SMARTS) is 1. The van der Waals surface area contributed by atoms with Gasteiger partial charge in [0.1, 0.15) is 6.33 Å². The van der Waals surface area contributed by atoms with Crippen molar-refractivity contribution in [3.8, 4) is 11.1 Å². The van der Waals surface area contributed by atoms with Crippen LogP contribution >= 0.6 is 11.8 Å². The summed E-state index contributed by atoms with van der Waals surface area (Å²) in [7, 11) is 0. The third-order valence-electron chi connectivity index (χ3n) is 6.76. The van der Waals surface area contributed by atoms with E-state index >= 15 is 0 Å². The molecule has 0 aliphatic heterocycles. The summed E-state index contributed by atoms with van der Waals surface area (Å²) in [4.78, 5) is 35.8. The predicted octanol–water partition coefficient (Wildman–Crippen LogP) is 1.31. The monoisotopic (exact) mass is 560 g/mol. The number of carbonyl (C=O) groups excluding carboxylic acids is 2. The Bertz CT molecular complexity index is 1420. The number of nitrogens with one attached hydrogen (secondary N) is 1. The Hall–Kier alpha value is -3.57. The van der Waals surface area contributed by atoms with Gasteiger partial charge in [-0.1, -0.05) is 60.7 Å². The molecule has 0 bridgehead atoms. The Labute approximate surface area is 258 Å². The first-order chi connectivity index (χ1) is 19.5. The van der Waals surface area contributed by atoms with Crippen LogP contribution in [0.3, 0.4) is 0 Å². The minimum absolute atomic E-state index is 0. The van der Waals surface area contributed by atoms with Gasteiger partial charge < -0.3 is 20.1 Å². The van der Waals surface area contributed by atoms with E-state index in [1.54, 1.807) is 18.5 Å². The molecule has 1 N–H and O–H groups in total. The third-order valence-corrected chi connectivity index (χ3v) is 7.41. The SMILES string of the molecule is CSCC[C@H](NC(=O)c1ccc(CN(CCc2ccccc2)c2cncnc2)cc1-c1ccccc1C)C(=O)[O-].[Li+]. The second-order valence-electron chi connectivity index (χ2n) is 9.58. The molecule has 0 radical (unpaired) electrons. The molecule has 0 unspecified atom stereocenters. The van der Waals surface area contributed by atoms with Crippen LogP contribution in [0.15, 0.2) is 91.5 Å². The fraction of sp³-hybridized carbons (Fsp3) is 0.250. The van der Waals surface area contributed by atoms with Crippen LogP contribution in [0, 0.1) is 6.92 Å². The third kappa shape index (κ3) is 8.96. The smallest absolute Gasteiger partial charge is 0.548 e. The number of thioether (sulfide) groups is 1. The van der Waals surface area contributed by atoms with E-state index in [-0.39, 0.29) is 18.9 Å². The molecule has 9 heteroatoms. The largest absolute Gasteiger partial charge is 1.00 e. The van der Waals surface area contributed by atoms with Crippen molar-refractivity contribution in [3.63, 3.8) is 0 Å². The van der Waals surface area contributed by atoms with E-state index in [0.717, 1.165) is 40.9 Å². The fourth-order valence-electron chi connectivity index (χ4n) is 4.59. The van der Waals surface area contributed by atoms with Crippen molar-refractivity contribution < 1.29 is 33.6 Å². The minimum Gasteiger partial charge on any atom is -0.548 e. The second-order valence-corrected chi connectivity index (χ2v) is 10.6. The van der Waals surface area contributed by atoms with Gasteiger partial charge >= 0.3 is 18.9 Å². The first-order valence-corrected chi connectivity index (χ1v) is 14.6. The quantitative estimate of drug-likeness (QED) is 0.246. The van der Waals surface area contributed by atoms with Gasteiger partial charge in [-0.15, -0.1) is 0 Å². The number of benzene rings is 3. The molecule has 206 valence electrons. The molecule has 41 heavy (non-hydrogen) atoms. The molecule has 0 aliphatic carbocycles. The number of aromatic nitrogens is 2. The van der Waals surface area contributed by atoms with Gasteiger partial charge in [0.15, 0.2) is 0 Å². The molecule has 3 aromatic carbocycles. The Balaban J connectivity index is 0.00000462. The summed E-state index contributed by atoms with van der Waals surface area (Å²) in [6, 6.07) is 22.8. The first-order valence-electron chi connectivity index (χ1n) is 13.2. The van der Waals surface area contributed by atoms with Gasteiger partial charge in [0.05, 0.1) is 30.1 Å². The average molecular weight is 561 g/mol. The summed E-state index contributed by atoms with van der Waals surface area (Å²) in [5.41, 5.74) is 6.26. The molecule has 0 fully saturated rings. The van der Waals surface area contributed by atoms with E-state index in [2.05, 4.69) is 32.3 Å². The van der Waals surface area contributed by atoms with Crippen LogP contribution in [0.5, 0.6) is 0 Å². The van der Waals surface area contributed by atoms with Gasteiger partial charge in [-0.25, -0.2) is 9.97 Å². The van der Waals surface area contributed by atoms with E-state index in [9.17, 15) is 14.7 Å². The number of aliphatic carboxylic acids is 1. The van der Waals surface area contributed by atoms with Gasteiger partial charge in [-0.3, -0.25) is 4.79 Å². The molecule has 4 rings (SSSR count). The molecule has 1 heterocycles. The average Bonchev–Trinajstić information content (AvgIpc) is 2.98. The van der Waals surface area contributed by atoms with Gasteiger partial charge in [-0.2, -0.15) is 11.8 Å². The zero-order chi connectivity index (χ0) is 28.3. The zero-order valence-electron chi connectivity index (χ0n) is 23.7. The number of hydrogen-bond donors (Lipinski definition) is 1. The van der Waals surface area contributed by atoms with Crippen molar-refractivity contribution in [2.45, 2.75) is 32.4 Å². The summed E-state index contributed by atoms with van der Waals surface area (Å²) in [5.74, 6) is -1.11. The van der Waals surface area contributed by atoms with Crippen molar-refractivity contribution in [1.29, 1.82) is 0 Å². The van der Waals surface area contributed by atoms with Gasteiger partial charge in [0, 0.05) is 18.7 Å². The van der Waals surface area contributed by atoms with E-state index in [4.69, 9.17) is 0 Å². The molecule has 0 saturated carbocycles. The van der Waals surface area contributed by atoms with Gasteiger partial charge in [0.2, 0.25) is 0 Å². The Morgan fingerprint density at radius 2 is 1.66 bits per heavy atom. The minimum atomic E-state index is -1.28. The van der Waals surface area contributed by atoms with Crippen molar-refractivity contribution in [2.75, 3.05) is 23.5 Å². The van der Waals surface area contributed by atoms with Crippen LogP contribution in [0.25, 0.3) is 11.1 Å². The molecule has 7 nitrogen and oxygen atoms in total. The molecule has 1 aromatic heterocycles. The maximum Gasteiger partial charge on any atom is 1.00 e. The Kier molecular flexibility index (Phi) is 12.5. The normalized spacial score (nSPS) is 11.3. The molecular formula is C32H33LiN4O3S. The summed E-state index contributed by atoms with van der Waals surface area (Å²) < 4.78 is 0. The number of nitrogens with zero attached hydrogens (tertiary/aromatic N) is 3. The summed E-state index contributed by atoms with van der Waals surface area (Å²) in [5, 5.41) is 14.4. The number of rotatable bonds is 13. The molecule has 1 atom stereocenters. The summed E-state index contributed by atoms with van der Waals surface area (Å²) in [6.45, 7) is 3.33. The number of aryl methyl sites for hydroxylation is 1. The number of carbonyl (C=O) groups is 2. The van der Waals surface area contributed by atoms with Crippen LogP contribution in [0.2, 0.25) is 0 Å². The van der Waals surface area contributed by atoms with Crippen LogP contribution in [-0.2, 0) is 17.8 Å². The van der Waals surface area contributed by atoms with Crippen molar-refractivity contribution >= 4 is 29.3 Å². The number of carboxylic acids is 1. The molecule has 1 amide bonds. The number of hydrogen-bond acceptors (Lipinski definition) is 7. The maximum absolute atomic E-state index is 13.4. The molecule has 0 saturated heterocycles. The Morgan fingerprint density at radius 1 is 0.951 bits per heavy atom.